The lowest BCUT2D eigenvalue weighted by molar-refractivity contribution is -0.139. The molecular weight excluding hydrogens is 326 g/mol. The summed E-state index contributed by atoms with van der Waals surface area (Å²) < 4.78 is 20.7. The Morgan fingerprint density at radius 1 is 1.24 bits per heavy atom. The van der Waals surface area contributed by atoms with Gasteiger partial charge in [0.05, 0.1) is 12.9 Å². The van der Waals surface area contributed by atoms with E-state index in [9.17, 15) is 9.59 Å². The van der Waals surface area contributed by atoms with E-state index in [-0.39, 0.29) is 24.9 Å². The molecule has 0 atom stereocenters. The number of carbonyl (C=O) groups excluding carboxylic acids is 2. The molecule has 0 fully saturated rings. The van der Waals surface area contributed by atoms with Crippen LogP contribution in [0.4, 0.5) is 0 Å². The van der Waals surface area contributed by atoms with E-state index >= 15 is 0 Å². The predicted octanol–water partition coefficient (Wildman–Crippen LogP) is 2.73. The molecule has 0 radical (unpaired) electrons. The number of hydrogen-bond donors (Lipinski definition) is 1. The van der Waals surface area contributed by atoms with Crippen LogP contribution in [0.5, 0.6) is 11.5 Å². The van der Waals surface area contributed by atoms with Crippen LogP contribution in [0, 0.1) is 0 Å². The topological polar surface area (TPSA) is 87.0 Å². The Bertz CT molecular complexity index is 794. The Kier molecular flexibility index (Phi) is 5.03. The lowest BCUT2D eigenvalue weighted by atomic mass is 10.1. The minimum absolute atomic E-state index is 0.00807. The van der Waals surface area contributed by atoms with Gasteiger partial charge in [0.25, 0.3) is 5.91 Å². The third kappa shape index (κ3) is 4.00. The molecule has 7 nitrogen and oxygen atoms in total. The number of fused-ring (bicyclic) bond motifs is 1. The summed E-state index contributed by atoms with van der Waals surface area (Å²) in [5.41, 5.74) is 0.668. The molecule has 0 saturated carbocycles. The zero-order valence-corrected chi connectivity index (χ0v) is 13.6. The summed E-state index contributed by atoms with van der Waals surface area (Å²) in [4.78, 5) is 24.4. The van der Waals surface area contributed by atoms with Crippen molar-refractivity contribution in [3.05, 3.63) is 53.6 Å². The molecule has 130 valence electrons. The maximum atomic E-state index is 12.3. The minimum atomic E-state index is -0.626. The van der Waals surface area contributed by atoms with Crippen molar-refractivity contribution in [1.82, 2.24) is 5.32 Å². The van der Waals surface area contributed by atoms with Gasteiger partial charge in [-0.1, -0.05) is 13.0 Å². The average Bonchev–Trinajstić information content (AvgIpc) is 3.29. The highest BCUT2D eigenvalue weighted by atomic mass is 16.7. The number of nitrogens with one attached hydrogen (secondary N) is 1. The maximum absolute atomic E-state index is 12.3. The molecule has 0 bridgehead atoms. The molecule has 0 saturated heterocycles. The minimum Gasteiger partial charge on any atom is -0.461 e. The van der Waals surface area contributed by atoms with Gasteiger partial charge in [-0.05, 0) is 42.3 Å². The highest BCUT2D eigenvalue weighted by Crippen LogP contribution is 2.33. The van der Waals surface area contributed by atoms with Crippen LogP contribution in [0.25, 0.3) is 6.08 Å². The number of esters is 1. The normalized spacial score (nSPS) is 12.8. The van der Waals surface area contributed by atoms with Gasteiger partial charge in [-0.25, -0.2) is 4.79 Å². The fraction of sp³-hybridized carbons (Fsp3) is 0.222. The molecular formula is C18H17NO6. The van der Waals surface area contributed by atoms with Crippen molar-refractivity contribution in [3.63, 3.8) is 0 Å². The van der Waals surface area contributed by atoms with Crippen molar-refractivity contribution in [3.8, 4) is 11.5 Å². The first-order chi connectivity index (χ1) is 12.2. The molecule has 1 aliphatic heterocycles. The fourth-order valence-corrected chi connectivity index (χ4v) is 2.18. The molecule has 2 aromatic rings. The Labute approximate surface area is 144 Å². The molecule has 2 heterocycles. The second-order valence-corrected chi connectivity index (χ2v) is 5.24. The third-order valence-electron chi connectivity index (χ3n) is 3.36. The Balaban J connectivity index is 1.84. The van der Waals surface area contributed by atoms with Gasteiger partial charge >= 0.3 is 5.97 Å². The van der Waals surface area contributed by atoms with Crippen molar-refractivity contribution in [2.24, 2.45) is 0 Å². The fourth-order valence-electron chi connectivity index (χ4n) is 2.18. The van der Waals surface area contributed by atoms with Crippen LogP contribution in [-0.2, 0) is 9.53 Å². The van der Waals surface area contributed by atoms with Gasteiger partial charge in [0.2, 0.25) is 6.79 Å². The van der Waals surface area contributed by atoms with E-state index < -0.39 is 11.9 Å². The van der Waals surface area contributed by atoms with Crippen LogP contribution < -0.4 is 14.8 Å². The molecule has 3 rings (SSSR count). The second-order valence-electron chi connectivity index (χ2n) is 5.24. The summed E-state index contributed by atoms with van der Waals surface area (Å²) in [6, 6.07) is 8.29. The summed E-state index contributed by atoms with van der Waals surface area (Å²) in [5.74, 6) is 0.143. The Hall–Kier alpha value is -3.22. The zero-order valence-electron chi connectivity index (χ0n) is 13.6. The number of furan rings is 1. The summed E-state index contributed by atoms with van der Waals surface area (Å²) in [6.45, 7) is 2.30. The SMILES string of the molecule is CCCOC(=O)C(=Cc1ccc2c(c1)OCO2)NC(=O)c1ccco1. The highest BCUT2D eigenvalue weighted by Gasteiger charge is 2.18. The average molecular weight is 343 g/mol. The largest absolute Gasteiger partial charge is 0.461 e. The van der Waals surface area contributed by atoms with Gasteiger partial charge in [-0.3, -0.25) is 4.79 Å². The molecule has 1 aliphatic rings. The summed E-state index contributed by atoms with van der Waals surface area (Å²) in [6.07, 6.45) is 3.57. The van der Waals surface area contributed by atoms with Crippen LogP contribution in [0.2, 0.25) is 0 Å². The zero-order chi connectivity index (χ0) is 17.6. The number of carbonyl (C=O) groups is 2. The van der Waals surface area contributed by atoms with Gasteiger partial charge in [-0.2, -0.15) is 0 Å². The molecule has 0 aliphatic carbocycles. The van der Waals surface area contributed by atoms with E-state index in [4.69, 9.17) is 18.6 Å². The first-order valence-corrected chi connectivity index (χ1v) is 7.80. The summed E-state index contributed by atoms with van der Waals surface area (Å²) in [7, 11) is 0. The smallest absolute Gasteiger partial charge is 0.354 e. The quantitative estimate of drug-likeness (QED) is 0.641. The molecule has 1 amide bonds. The summed E-state index contributed by atoms with van der Waals surface area (Å²) >= 11 is 0. The first-order valence-electron chi connectivity index (χ1n) is 7.80. The van der Waals surface area contributed by atoms with Crippen LogP contribution in [0.3, 0.4) is 0 Å². The molecule has 0 unspecified atom stereocenters. The van der Waals surface area contributed by atoms with Gasteiger partial charge in [0, 0.05) is 0 Å². The van der Waals surface area contributed by atoms with E-state index in [0.717, 1.165) is 0 Å². The lowest BCUT2D eigenvalue weighted by Crippen LogP contribution is -2.28. The Morgan fingerprint density at radius 3 is 2.84 bits per heavy atom. The van der Waals surface area contributed by atoms with E-state index in [2.05, 4.69) is 5.32 Å². The molecule has 1 aromatic carbocycles. The lowest BCUT2D eigenvalue weighted by Gasteiger charge is -2.09. The van der Waals surface area contributed by atoms with Crippen LogP contribution >= 0.6 is 0 Å². The second kappa shape index (κ2) is 7.57. The monoisotopic (exact) mass is 343 g/mol. The van der Waals surface area contributed by atoms with Crippen molar-refractivity contribution in [2.45, 2.75) is 13.3 Å². The molecule has 1 aromatic heterocycles. The number of benzene rings is 1. The number of hydrogen-bond acceptors (Lipinski definition) is 6. The molecule has 1 N–H and O–H groups in total. The first kappa shape index (κ1) is 16.6. The van der Waals surface area contributed by atoms with Crippen molar-refractivity contribution < 1.29 is 28.2 Å². The van der Waals surface area contributed by atoms with Crippen molar-refractivity contribution >= 4 is 18.0 Å². The van der Waals surface area contributed by atoms with E-state index in [0.29, 0.717) is 23.5 Å². The predicted molar refractivity (Wildman–Crippen MR) is 88.0 cm³/mol. The van der Waals surface area contributed by atoms with Gasteiger partial charge in [0.15, 0.2) is 17.3 Å². The standard InChI is InChI=1S/C18H17NO6/c1-2-7-23-18(21)13(19-17(20)15-4-3-8-22-15)9-12-5-6-14-16(10-12)25-11-24-14/h3-6,8-10H,2,7,11H2,1H3,(H,19,20). The Morgan fingerprint density at radius 2 is 2.08 bits per heavy atom. The van der Waals surface area contributed by atoms with Crippen molar-refractivity contribution in [2.75, 3.05) is 13.4 Å². The van der Waals surface area contributed by atoms with E-state index in [1.54, 1.807) is 24.3 Å². The van der Waals surface area contributed by atoms with E-state index in [1.807, 2.05) is 6.92 Å². The number of amides is 1. The number of ether oxygens (including phenoxy) is 3. The summed E-state index contributed by atoms with van der Waals surface area (Å²) in [5, 5.41) is 2.53. The van der Waals surface area contributed by atoms with Crippen LogP contribution in [0.1, 0.15) is 29.5 Å². The molecule has 0 spiro atoms. The van der Waals surface area contributed by atoms with Crippen molar-refractivity contribution in [1.29, 1.82) is 0 Å². The van der Waals surface area contributed by atoms with Crippen LogP contribution in [-0.4, -0.2) is 25.3 Å². The number of rotatable bonds is 6. The van der Waals surface area contributed by atoms with Gasteiger partial charge in [-0.15, -0.1) is 0 Å². The van der Waals surface area contributed by atoms with Gasteiger partial charge in [0.1, 0.15) is 5.70 Å². The van der Waals surface area contributed by atoms with Crippen LogP contribution in [0.15, 0.2) is 46.7 Å². The maximum Gasteiger partial charge on any atom is 0.354 e. The van der Waals surface area contributed by atoms with E-state index in [1.165, 1.54) is 18.4 Å². The third-order valence-corrected chi connectivity index (χ3v) is 3.36. The highest BCUT2D eigenvalue weighted by molar-refractivity contribution is 6.02. The molecule has 7 heteroatoms. The molecule has 25 heavy (non-hydrogen) atoms. The van der Waals surface area contributed by atoms with Gasteiger partial charge < -0.3 is 23.9 Å².